The van der Waals surface area contributed by atoms with Gasteiger partial charge in [-0.1, -0.05) is 29.8 Å². The average molecular weight is 516 g/mol. The Hall–Kier alpha value is -0.900. The molecule has 1 saturated carbocycles. The zero-order valence-electron chi connectivity index (χ0n) is 17.8. The van der Waals surface area contributed by atoms with Crippen LogP contribution in [-0.4, -0.2) is 79.5 Å². The smallest absolute Gasteiger partial charge is 0.194 e. The monoisotopic (exact) mass is 516 g/mol. The summed E-state index contributed by atoms with van der Waals surface area (Å²) in [7, 11) is 0. The van der Waals surface area contributed by atoms with E-state index in [1.54, 1.807) is 0 Å². The minimum Gasteiger partial charge on any atom is -0.389 e. The van der Waals surface area contributed by atoms with Crippen LogP contribution < -0.4 is 5.32 Å². The lowest BCUT2D eigenvalue weighted by atomic mass is 10.1. The summed E-state index contributed by atoms with van der Waals surface area (Å²) < 4.78 is 5.58. The van der Waals surface area contributed by atoms with E-state index >= 15 is 0 Å². The van der Waals surface area contributed by atoms with Crippen molar-refractivity contribution in [2.75, 3.05) is 52.5 Å². The van der Waals surface area contributed by atoms with Gasteiger partial charge in [0.25, 0.3) is 0 Å². The Morgan fingerprint density at radius 2 is 2.03 bits per heavy atom. The molecule has 0 spiro atoms. The average Bonchev–Trinajstić information content (AvgIpc) is 3.50. The fourth-order valence-electron chi connectivity index (χ4n) is 3.51. The summed E-state index contributed by atoms with van der Waals surface area (Å²) in [6, 6.07) is 8.75. The summed E-state index contributed by atoms with van der Waals surface area (Å²) in [6.07, 6.45) is 2.01. The number of aryl methyl sites for hydroxylation is 1. The van der Waals surface area contributed by atoms with Gasteiger partial charge in [0.2, 0.25) is 0 Å². The van der Waals surface area contributed by atoms with E-state index in [-0.39, 0.29) is 24.0 Å². The number of hydrogen-bond donors (Lipinski definition) is 2. The van der Waals surface area contributed by atoms with Gasteiger partial charge in [-0.2, -0.15) is 0 Å². The second kappa shape index (κ2) is 12.7. The first-order chi connectivity index (χ1) is 13.6. The summed E-state index contributed by atoms with van der Waals surface area (Å²) in [5, 5.41) is 13.5. The summed E-state index contributed by atoms with van der Waals surface area (Å²) >= 11 is 0. The van der Waals surface area contributed by atoms with E-state index in [0.29, 0.717) is 13.2 Å². The lowest BCUT2D eigenvalue weighted by Crippen LogP contribution is -2.52. The molecule has 1 heterocycles. The van der Waals surface area contributed by atoms with E-state index in [0.717, 1.165) is 57.8 Å². The van der Waals surface area contributed by atoms with Crippen LogP contribution >= 0.6 is 24.0 Å². The maximum atomic E-state index is 10.1. The van der Waals surface area contributed by atoms with E-state index in [1.807, 2.05) is 0 Å². The topological polar surface area (TPSA) is 60.3 Å². The number of rotatable bonds is 9. The van der Waals surface area contributed by atoms with Crippen molar-refractivity contribution < 1.29 is 9.84 Å². The van der Waals surface area contributed by atoms with Crippen LogP contribution in [0.1, 0.15) is 30.9 Å². The largest absolute Gasteiger partial charge is 0.389 e. The van der Waals surface area contributed by atoms with Crippen LogP contribution in [0, 0.1) is 12.8 Å². The van der Waals surface area contributed by atoms with Crippen molar-refractivity contribution in [3.05, 3.63) is 35.4 Å². The highest BCUT2D eigenvalue weighted by Gasteiger charge is 2.22. The zero-order chi connectivity index (χ0) is 19.8. The van der Waals surface area contributed by atoms with Crippen molar-refractivity contribution in [1.29, 1.82) is 0 Å². The SMILES string of the molecule is CCNC(=NCC(O)COCC1CC1)N1CCN(Cc2cccc(C)c2)CC1.I. The van der Waals surface area contributed by atoms with Gasteiger partial charge in [-0.25, -0.2) is 0 Å². The van der Waals surface area contributed by atoms with Crippen LogP contribution in [-0.2, 0) is 11.3 Å². The summed E-state index contributed by atoms with van der Waals surface area (Å²) in [4.78, 5) is 9.45. The molecule has 164 valence electrons. The van der Waals surface area contributed by atoms with Gasteiger partial charge in [-0.05, 0) is 38.2 Å². The Morgan fingerprint density at radius 3 is 2.69 bits per heavy atom. The molecule has 1 aliphatic heterocycles. The fourth-order valence-corrected chi connectivity index (χ4v) is 3.51. The van der Waals surface area contributed by atoms with E-state index in [2.05, 4.69) is 58.2 Å². The predicted octanol–water partition coefficient (Wildman–Crippen LogP) is 2.48. The van der Waals surface area contributed by atoms with Gasteiger partial charge >= 0.3 is 0 Å². The Kier molecular flexibility index (Phi) is 10.7. The van der Waals surface area contributed by atoms with Gasteiger partial charge in [0.1, 0.15) is 0 Å². The molecule has 0 radical (unpaired) electrons. The van der Waals surface area contributed by atoms with Crippen LogP contribution in [0.5, 0.6) is 0 Å². The van der Waals surface area contributed by atoms with Gasteiger partial charge < -0.3 is 20.1 Å². The molecule has 1 atom stereocenters. The van der Waals surface area contributed by atoms with Crippen molar-refractivity contribution in [2.45, 2.75) is 39.3 Å². The van der Waals surface area contributed by atoms with Gasteiger partial charge in [-0.3, -0.25) is 9.89 Å². The molecule has 2 aliphatic rings. The quantitative estimate of drug-likeness (QED) is 0.300. The molecular weight excluding hydrogens is 479 g/mol. The molecule has 7 heteroatoms. The normalized spacial score (nSPS) is 19.0. The second-order valence-corrected chi connectivity index (χ2v) is 8.08. The Morgan fingerprint density at radius 1 is 1.28 bits per heavy atom. The summed E-state index contributed by atoms with van der Waals surface area (Å²) in [5.41, 5.74) is 2.70. The number of guanidine groups is 1. The van der Waals surface area contributed by atoms with Crippen LogP contribution in [0.3, 0.4) is 0 Å². The molecule has 1 aromatic rings. The standard InChI is InChI=1S/C22H36N4O2.HI/c1-3-23-22(24-14-21(27)17-28-16-19-7-8-19)26-11-9-25(10-12-26)15-20-6-4-5-18(2)13-20;/h4-6,13,19,21,27H,3,7-12,14-17H2,1-2H3,(H,23,24);1H. The summed E-state index contributed by atoms with van der Waals surface area (Å²) in [6.45, 7) is 11.5. The number of benzene rings is 1. The number of ether oxygens (including phenoxy) is 1. The first kappa shape index (κ1) is 24.4. The predicted molar refractivity (Wildman–Crippen MR) is 129 cm³/mol. The maximum Gasteiger partial charge on any atom is 0.194 e. The van der Waals surface area contributed by atoms with Gasteiger partial charge in [-0.15, -0.1) is 24.0 Å². The minimum atomic E-state index is -0.532. The van der Waals surface area contributed by atoms with Crippen LogP contribution in [0.4, 0.5) is 0 Å². The lowest BCUT2D eigenvalue weighted by Gasteiger charge is -2.36. The van der Waals surface area contributed by atoms with Crippen molar-refractivity contribution in [3.8, 4) is 0 Å². The van der Waals surface area contributed by atoms with Crippen LogP contribution in [0.25, 0.3) is 0 Å². The van der Waals surface area contributed by atoms with E-state index in [9.17, 15) is 5.11 Å². The number of aliphatic hydroxyl groups is 1. The molecule has 2 N–H and O–H groups in total. The molecule has 3 rings (SSSR count). The fraction of sp³-hybridized carbons (Fsp3) is 0.682. The van der Waals surface area contributed by atoms with Crippen molar-refractivity contribution in [1.82, 2.24) is 15.1 Å². The van der Waals surface area contributed by atoms with Gasteiger partial charge in [0.05, 0.1) is 19.3 Å². The summed E-state index contributed by atoms with van der Waals surface area (Å²) in [5.74, 6) is 1.63. The van der Waals surface area contributed by atoms with Crippen molar-refractivity contribution in [3.63, 3.8) is 0 Å². The van der Waals surface area contributed by atoms with Gasteiger partial charge in [0, 0.05) is 45.9 Å². The Labute approximate surface area is 192 Å². The van der Waals surface area contributed by atoms with E-state index in [1.165, 1.54) is 24.0 Å². The molecule has 6 nitrogen and oxygen atoms in total. The molecule has 29 heavy (non-hydrogen) atoms. The second-order valence-electron chi connectivity index (χ2n) is 8.08. The molecule has 0 bridgehead atoms. The molecule has 1 unspecified atom stereocenters. The van der Waals surface area contributed by atoms with E-state index in [4.69, 9.17) is 4.74 Å². The minimum absolute atomic E-state index is 0. The molecule has 0 aromatic heterocycles. The van der Waals surface area contributed by atoms with Gasteiger partial charge in [0.15, 0.2) is 5.96 Å². The maximum absolute atomic E-state index is 10.1. The highest BCUT2D eigenvalue weighted by atomic mass is 127. The molecule has 1 aliphatic carbocycles. The molecule has 1 aromatic carbocycles. The van der Waals surface area contributed by atoms with Crippen molar-refractivity contribution >= 4 is 29.9 Å². The number of nitrogens with zero attached hydrogens (tertiary/aromatic N) is 3. The number of nitrogens with one attached hydrogen (secondary N) is 1. The number of aliphatic hydroxyl groups excluding tert-OH is 1. The lowest BCUT2D eigenvalue weighted by molar-refractivity contribution is 0.0367. The third-order valence-corrected chi connectivity index (χ3v) is 5.31. The highest BCUT2D eigenvalue weighted by molar-refractivity contribution is 14.0. The number of aliphatic imine (C=N–C) groups is 1. The molecule has 2 fully saturated rings. The Bertz CT molecular complexity index is 631. The Balaban J connectivity index is 0.00000300. The number of hydrogen-bond acceptors (Lipinski definition) is 4. The van der Waals surface area contributed by atoms with Crippen molar-refractivity contribution in [2.24, 2.45) is 10.9 Å². The third-order valence-electron chi connectivity index (χ3n) is 5.31. The molecule has 0 amide bonds. The first-order valence-electron chi connectivity index (χ1n) is 10.7. The number of piperazine rings is 1. The van der Waals surface area contributed by atoms with Crippen LogP contribution in [0.2, 0.25) is 0 Å². The number of halogens is 1. The highest BCUT2D eigenvalue weighted by Crippen LogP contribution is 2.28. The van der Waals surface area contributed by atoms with Crippen LogP contribution in [0.15, 0.2) is 29.3 Å². The molecular formula is C22H37IN4O2. The third kappa shape index (κ3) is 8.78. The van der Waals surface area contributed by atoms with E-state index < -0.39 is 6.10 Å². The zero-order valence-corrected chi connectivity index (χ0v) is 20.2. The first-order valence-corrected chi connectivity index (χ1v) is 10.7. The molecule has 1 saturated heterocycles.